The van der Waals surface area contributed by atoms with Gasteiger partial charge in [-0.05, 0) is 67.0 Å². The van der Waals surface area contributed by atoms with Crippen LogP contribution in [0.2, 0.25) is 5.02 Å². The molecule has 3 aromatic rings. The average molecular weight is 467 g/mol. The summed E-state index contributed by atoms with van der Waals surface area (Å²) in [6.07, 6.45) is 12.8. The molecule has 1 aliphatic carbocycles. The van der Waals surface area contributed by atoms with Gasteiger partial charge in [-0.3, -0.25) is 4.98 Å². The van der Waals surface area contributed by atoms with Gasteiger partial charge in [0.25, 0.3) is 0 Å². The standard InChI is InChI=1S/C25H27ClN4OS/c1-31-22-11-10-19(15-20(22)26)30-24(23(28-25(30)32)21-9-5-6-13-27-21)17-12-14-29(16-17)18-7-3-2-4-8-18/h5-6,9-16,18,23-24H,2-4,7-8H2,1H3,(H,28,32)/t23-,24+/m0/s1. The van der Waals surface area contributed by atoms with Crippen LogP contribution in [0.3, 0.4) is 0 Å². The lowest BCUT2D eigenvalue weighted by Gasteiger charge is -2.28. The molecule has 1 N–H and O–H groups in total. The molecule has 0 spiro atoms. The van der Waals surface area contributed by atoms with Crippen molar-refractivity contribution in [2.45, 2.75) is 50.2 Å². The van der Waals surface area contributed by atoms with Crippen molar-refractivity contribution in [1.29, 1.82) is 0 Å². The fraction of sp³-hybridized carbons (Fsp3) is 0.360. The molecule has 0 radical (unpaired) electrons. The molecular formula is C25H27ClN4OS. The highest BCUT2D eigenvalue weighted by atomic mass is 35.5. The van der Waals surface area contributed by atoms with Crippen LogP contribution < -0.4 is 15.0 Å². The van der Waals surface area contributed by atoms with Crippen LogP contribution in [-0.2, 0) is 0 Å². The van der Waals surface area contributed by atoms with Gasteiger partial charge in [-0.25, -0.2) is 0 Å². The maximum atomic E-state index is 6.48. The van der Waals surface area contributed by atoms with Crippen molar-refractivity contribution in [2.75, 3.05) is 12.0 Å². The van der Waals surface area contributed by atoms with E-state index >= 15 is 0 Å². The lowest BCUT2D eigenvalue weighted by atomic mass is 9.95. The van der Waals surface area contributed by atoms with Gasteiger partial charge < -0.3 is 19.5 Å². The van der Waals surface area contributed by atoms with E-state index in [1.807, 2.05) is 36.5 Å². The van der Waals surface area contributed by atoms with Crippen molar-refractivity contribution in [2.24, 2.45) is 0 Å². The van der Waals surface area contributed by atoms with Crippen LogP contribution in [0.15, 0.2) is 61.1 Å². The Balaban J connectivity index is 1.55. The van der Waals surface area contributed by atoms with Crippen molar-refractivity contribution >= 4 is 34.6 Å². The quantitative estimate of drug-likeness (QED) is 0.451. The summed E-state index contributed by atoms with van der Waals surface area (Å²) in [5.74, 6) is 0.648. The molecule has 32 heavy (non-hydrogen) atoms. The summed E-state index contributed by atoms with van der Waals surface area (Å²) in [6, 6.07) is 14.5. The van der Waals surface area contributed by atoms with Crippen LogP contribution in [0.5, 0.6) is 5.75 Å². The second-order valence-corrected chi connectivity index (χ2v) is 9.29. The summed E-state index contributed by atoms with van der Waals surface area (Å²) < 4.78 is 7.74. The first-order chi connectivity index (χ1) is 15.7. The van der Waals surface area contributed by atoms with Crippen molar-refractivity contribution in [3.05, 3.63) is 77.3 Å². The minimum absolute atomic E-state index is 0.0355. The Morgan fingerprint density at radius 2 is 1.97 bits per heavy atom. The van der Waals surface area contributed by atoms with Crippen LogP contribution in [0, 0.1) is 0 Å². The summed E-state index contributed by atoms with van der Waals surface area (Å²) >= 11 is 12.3. The molecule has 1 saturated carbocycles. The third-order valence-electron chi connectivity index (χ3n) is 6.59. The third-order valence-corrected chi connectivity index (χ3v) is 7.20. The zero-order valence-electron chi connectivity index (χ0n) is 18.1. The molecule has 2 aliphatic rings. The van der Waals surface area contributed by atoms with Gasteiger partial charge in [0.2, 0.25) is 0 Å². The molecule has 7 heteroatoms. The topological polar surface area (TPSA) is 42.3 Å². The monoisotopic (exact) mass is 466 g/mol. The van der Waals surface area contributed by atoms with E-state index in [0.29, 0.717) is 21.9 Å². The average Bonchev–Trinajstić information content (AvgIpc) is 3.45. The van der Waals surface area contributed by atoms with Crippen LogP contribution >= 0.6 is 23.8 Å². The van der Waals surface area contributed by atoms with E-state index in [2.05, 4.69) is 44.3 Å². The molecule has 1 saturated heterocycles. The number of rotatable bonds is 5. The van der Waals surface area contributed by atoms with Gasteiger partial charge in [-0.15, -0.1) is 0 Å². The fourth-order valence-electron chi connectivity index (χ4n) is 4.99. The van der Waals surface area contributed by atoms with E-state index in [1.165, 1.54) is 37.7 Å². The number of aromatic nitrogens is 2. The molecule has 2 atom stereocenters. The first kappa shape index (κ1) is 21.3. The zero-order chi connectivity index (χ0) is 22.1. The Kier molecular flexibility index (Phi) is 6.07. The van der Waals surface area contributed by atoms with E-state index in [9.17, 15) is 0 Å². The minimum atomic E-state index is -0.0632. The number of benzene rings is 1. The van der Waals surface area contributed by atoms with E-state index in [4.69, 9.17) is 28.6 Å². The Morgan fingerprint density at radius 1 is 1.12 bits per heavy atom. The molecule has 0 bridgehead atoms. The van der Waals surface area contributed by atoms with Gasteiger partial charge in [0, 0.05) is 30.3 Å². The van der Waals surface area contributed by atoms with E-state index in [1.54, 1.807) is 7.11 Å². The largest absolute Gasteiger partial charge is 0.495 e. The number of thiocarbonyl (C=S) groups is 1. The normalized spacial score (nSPS) is 21.6. The van der Waals surface area contributed by atoms with Crippen LogP contribution in [0.1, 0.15) is 61.5 Å². The maximum absolute atomic E-state index is 6.48. The van der Waals surface area contributed by atoms with Gasteiger partial charge in [0.05, 0.1) is 29.9 Å². The summed E-state index contributed by atoms with van der Waals surface area (Å²) in [7, 11) is 1.62. The lowest BCUT2D eigenvalue weighted by molar-refractivity contribution is 0.353. The predicted molar refractivity (Wildman–Crippen MR) is 132 cm³/mol. The highest BCUT2D eigenvalue weighted by molar-refractivity contribution is 7.80. The molecule has 1 aromatic carbocycles. The van der Waals surface area contributed by atoms with Gasteiger partial charge in [-0.2, -0.15) is 0 Å². The molecule has 2 aromatic heterocycles. The molecule has 0 unspecified atom stereocenters. The highest BCUT2D eigenvalue weighted by Crippen LogP contribution is 2.43. The Hall–Kier alpha value is -2.57. The molecule has 2 fully saturated rings. The van der Waals surface area contributed by atoms with Crippen molar-refractivity contribution in [3.63, 3.8) is 0 Å². The fourth-order valence-corrected chi connectivity index (χ4v) is 5.59. The number of nitrogens with one attached hydrogen (secondary N) is 1. The van der Waals surface area contributed by atoms with Crippen LogP contribution in [0.4, 0.5) is 5.69 Å². The zero-order valence-corrected chi connectivity index (χ0v) is 19.6. The highest BCUT2D eigenvalue weighted by Gasteiger charge is 2.41. The Morgan fingerprint density at radius 3 is 2.69 bits per heavy atom. The molecule has 5 rings (SSSR count). The third kappa shape index (κ3) is 3.97. The number of hydrogen-bond donors (Lipinski definition) is 1. The van der Waals surface area contributed by atoms with Crippen LogP contribution in [-0.4, -0.2) is 21.8 Å². The minimum Gasteiger partial charge on any atom is -0.495 e. The summed E-state index contributed by atoms with van der Waals surface area (Å²) in [5, 5.41) is 4.74. The van der Waals surface area contributed by atoms with Gasteiger partial charge in [0.15, 0.2) is 5.11 Å². The number of anilines is 1. The number of ether oxygens (including phenoxy) is 1. The summed E-state index contributed by atoms with van der Waals surface area (Å²) in [6.45, 7) is 0. The molecule has 166 valence electrons. The number of methoxy groups -OCH3 is 1. The van der Waals surface area contributed by atoms with E-state index in [0.717, 1.165) is 11.4 Å². The van der Waals surface area contributed by atoms with Crippen molar-refractivity contribution < 1.29 is 4.74 Å². The number of hydrogen-bond acceptors (Lipinski definition) is 3. The van der Waals surface area contributed by atoms with Gasteiger partial charge >= 0.3 is 0 Å². The molecule has 5 nitrogen and oxygen atoms in total. The SMILES string of the molecule is COc1ccc(N2C(=S)N[C@@H](c3ccccn3)[C@H]2c2ccn(C3CCCCC3)c2)cc1Cl. The first-order valence-electron chi connectivity index (χ1n) is 11.2. The predicted octanol–water partition coefficient (Wildman–Crippen LogP) is 6.23. The molecule has 1 aliphatic heterocycles. The molecular weight excluding hydrogens is 440 g/mol. The first-order valence-corrected chi connectivity index (χ1v) is 12.0. The van der Waals surface area contributed by atoms with E-state index in [-0.39, 0.29) is 12.1 Å². The van der Waals surface area contributed by atoms with Crippen molar-refractivity contribution in [3.8, 4) is 5.75 Å². The maximum Gasteiger partial charge on any atom is 0.174 e. The lowest BCUT2D eigenvalue weighted by Crippen LogP contribution is -2.29. The van der Waals surface area contributed by atoms with Gasteiger partial charge in [0.1, 0.15) is 5.75 Å². The number of halogens is 1. The second kappa shape index (κ2) is 9.12. The van der Waals surface area contributed by atoms with Crippen LogP contribution in [0.25, 0.3) is 0 Å². The summed E-state index contributed by atoms with van der Waals surface area (Å²) in [5.41, 5.74) is 3.11. The number of pyridine rings is 1. The summed E-state index contributed by atoms with van der Waals surface area (Å²) in [4.78, 5) is 6.79. The smallest absolute Gasteiger partial charge is 0.174 e. The molecule has 0 amide bonds. The van der Waals surface area contributed by atoms with E-state index < -0.39 is 0 Å². The second-order valence-electron chi connectivity index (χ2n) is 8.50. The Bertz CT molecular complexity index is 1100. The number of nitrogens with zero attached hydrogens (tertiary/aromatic N) is 3. The van der Waals surface area contributed by atoms with Gasteiger partial charge in [-0.1, -0.05) is 36.9 Å². The van der Waals surface area contributed by atoms with Crippen molar-refractivity contribution in [1.82, 2.24) is 14.9 Å². The molecule has 3 heterocycles. The Labute approximate surface area is 199 Å².